The molecule has 1 aromatic rings. The molecule has 2 rings (SSSR count). The molecule has 5 nitrogen and oxygen atoms in total. The molecule has 0 aromatic carbocycles. The van der Waals surface area contributed by atoms with Crippen LogP contribution in [0.2, 0.25) is 0 Å². The largest absolute Gasteiger partial charge is 0.409 e. The standard InChI is InChI=1S/C12H15F3N4O/c13-12(14,15)8-3-6-19(7-4-8)11-9(10(16)18-20)2-1-5-17-11/h1-2,5,8,20H,3-4,6-7H2,(H2,16,18). The predicted octanol–water partition coefficient (Wildman–Crippen LogP) is 1.95. The Bertz CT molecular complexity index is 496. The molecular weight excluding hydrogens is 273 g/mol. The van der Waals surface area contributed by atoms with Gasteiger partial charge in [-0.15, -0.1) is 0 Å². The topological polar surface area (TPSA) is 74.7 Å². The van der Waals surface area contributed by atoms with Crippen LogP contribution >= 0.6 is 0 Å². The van der Waals surface area contributed by atoms with Gasteiger partial charge in [0.2, 0.25) is 0 Å². The van der Waals surface area contributed by atoms with Crippen molar-refractivity contribution in [3.05, 3.63) is 23.9 Å². The lowest BCUT2D eigenvalue weighted by molar-refractivity contribution is -0.179. The number of pyridine rings is 1. The SMILES string of the molecule is NC(=NO)c1cccnc1N1CCC(C(F)(F)F)CC1. The van der Waals surface area contributed by atoms with Crippen molar-refractivity contribution in [2.45, 2.75) is 19.0 Å². The highest BCUT2D eigenvalue weighted by Crippen LogP contribution is 2.35. The summed E-state index contributed by atoms with van der Waals surface area (Å²) >= 11 is 0. The Morgan fingerprint density at radius 1 is 1.40 bits per heavy atom. The molecule has 0 unspecified atom stereocenters. The molecule has 1 aliphatic rings. The van der Waals surface area contributed by atoms with E-state index in [0.717, 1.165) is 0 Å². The van der Waals surface area contributed by atoms with Crippen LogP contribution < -0.4 is 10.6 Å². The Morgan fingerprint density at radius 3 is 2.60 bits per heavy atom. The van der Waals surface area contributed by atoms with Crippen LogP contribution in [0.25, 0.3) is 0 Å². The van der Waals surface area contributed by atoms with Crippen molar-refractivity contribution in [1.29, 1.82) is 0 Å². The van der Waals surface area contributed by atoms with Gasteiger partial charge in [-0.05, 0) is 25.0 Å². The van der Waals surface area contributed by atoms with E-state index < -0.39 is 12.1 Å². The van der Waals surface area contributed by atoms with Gasteiger partial charge < -0.3 is 15.8 Å². The summed E-state index contributed by atoms with van der Waals surface area (Å²) in [5.41, 5.74) is 5.97. The molecule has 0 atom stereocenters. The number of nitrogens with zero attached hydrogens (tertiary/aromatic N) is 3. The molecule has 3 N–H and O–H groups in total. The molecule has 0 amide bonds. The van der Waals surface area contributed by atoms with Gasteiger partial charge in [0.15, 0.2) is 5.84 Å². The van der Waals surface area contributed by atoms with Crippen molar-refractivity contribution < 1.29 is 18.4 Å². The van der Waals surface area contributed by atoms with Crippen LogP contribution in [0.15, 0.2) is 23.5 Å². The number of hydrogen-bond donors (Lipinski definition) is 2. The summed E-state index contributed by atoms with van der Waals surface area (Å²) in [7, 11) is 0. The van der Waals surface area contributed by atoms with Crippen LogP contribution in [-0.2, 0) is 0 Å². The number of rotatable bonds is 2. The van der Waals surface area contributed by atoms with Gasteiger partial charge in [0.05, 0.1) is 11.5 Å². The predicted molar refractivity (Wildman–Crippen MR) is 67.7 cm³/mol. The quantitative estimate of drug-likeness (QED) is 0.377. The summed E-state index contributed by atoms with van der Waals surface area (Å²) in [5.74, 6) is -0.927. The molecule has 0 spiro atoms. The van der Waals surface area contributed by atoms with E-state index in [4.69, 9.17) is 10.9 Å². The van der Waals surface area contributed by atoms with Gasteiger partial charge in [0, 0.05) is 19.3 Å². The highest BCUT2D eigenvalue weighted by Gasteiger charge is 2.41. The van der Waals surface area contributed by atoms with Crippen LogP contribution in [0.5, 0.6) is 0 Å². The molecule has 1 saturated heterocycles. The maximum Gasteiger partial charge on any atom is 0.391 e. The van der Waals surface area contributed by atoms with Crippen LogP contribution in [0, 0.1) is 5.92 Å². The fourth-order valence-electron chi connectivity index (χ4n) is 2.32. The number of amidine groups is 1. The second-order valence-electron chi connectivity index (χ2n) is 4.66. The number of anilines is 1. The third-order valence-corrected chi connectivity index (χ3v) is 3.43. The fourth-order valence-corrected chi connectivity index (χ4v) is 2.32. The molecular formula is C12H15F3N4O. The van der Waals surface area contributed by atoms with Gasteiger partial charge in [-0.1, -0.05) is 5.16 Å². The van der Waals surface area contributed by atoms with Crippen LogP contribution in [0.1, 0.15) is 18.4 Å². The first-order chi connectivity index (χ1) is 9.43. The Hall–Kier alpha value is -1.99. The first-order valence-corrected chi connectivity index (χ1v) is 6.18. The summed E-state index contributed by atoms with van der Waals surface area (Å²) in [6, 6.07) is 3.24. The molecule has 8 heteroatoms. The molecule has 0 saturated carbocycles. The highest BCUT2D eigenvalue weighted by molar-refractivity contribution is 6.01. The Balaban J connectivity index is 2.15. The van der Waals surface area contributed by atoms with E-state index in [1.165, 1.54) is 6.20 Å². The van der Waals surface area contributed by atoms with Gasteiger partial charge in [-0.25, -0.2) is 4.98 Å². The number of alkyl halides is 3. The minimum Gasteiger partial charge on any atom is -0.409 e. The molecule has 0 bridgehead atoms. The molecule has 2 heterocycles. The highest BCUT2D eigenvalue weighted by atomic mass is 19.4. The van der Waals surface area contributed by atoms with Crippen molar-refractivity contribution >= 4 is 11.7 Å². The van der Waals surface area contributed by atoms with Gasteiger partial charge in [0.25, 0.3) is 0 Å². The first-order valence-electron chi connectivity index (χ1n) is 6.18. The minimum absolute atomic E-state index is 0.0235. The van der Waals surface area contributed by atoms with Crippen LogP contribution in [0.3, 0.4) is 0 Å². The Kier molecular flexibility index (Phi) is 4.01. The molecule has 110 valence electrons. The summed E-state index contributed by atoms with van der Waals surface area (Å²) in [4.78, 5) is 5.86. The first kappa shape index (κ1) is 14.4. The molecule has 0 aliphatic carbocycles. The van der Waals surface area contributed by atoms with Crippen molar-refractivity contribution in [2.75, 3.05) is 18.0 Å². The molecule has 0 radical (unpaired) electrons. The summed E-state index contributed by atoms with van der Waals surface area (Å²) in [6.45, 7) is 0.486. The second kappa shape index (κ2) is 5.56. The summed E-state index contributed by atoms with van der Waals surface area (Å²) in [6.07, 6.45) is -2.57. The number of oxime groups is 1. The average Bonchev–Trinajstić information content (AvgIpc) is 2.45. The monoisotopic (exact) mass is 288 g/mol. The number of nitrogens with two attached hydrogens (primary N) is 1. The average molecular weight is 288 g/mol. The Morgan fingerprint density at radius 2 is 2.05 bits per heavy atom. The van der Waals surface area contributed by atoms with Crippen molar-refractivity contribution in [3.63, 3.8) is 0 Å². The Labute approximate surface area is 113 Å². The van der Waals surface area contributed by atoms with Crippen LogP contribution in [0.4, 0.5) is 19.0 Å². The van der Waals surface area contributed by atoms with E-state index in [1.807, 2.05) is 0 Å². The van der Waals surface area contributed by atoms with Gasteiger partial charge >= 0.3 is 6.18 Å². The molecule has 1 aromatic heterocycles. The fraction of sp³-hybridized carbons (Fsp3) is 0.500. The molecule has 1 aliphatic heterocycles. The van der Waals surface area contributed by atoms with Gasteiger partial charge in [-0.2, -0.15) is 13.2 Å². The third-order valence-electron chi connectivity index (χ3n) is 3.43. The lowest BCUT2D eigenvalue weighted by Crippen LogP contribution is -2.40. The normalized spacial score (nSPS) is 18.4. The number of piperidine rings is 1. The maximum absolute atomic E-state index is 12.6. The van der Waals surface area contributed by atoms with Crippen molar-refractivity contribution in [2.24, 2.45) is 16.8 Å². The third kappa shape index (κ3) is 2.94. The van der Waals surface area contributed by atoms with Crippen LogP contribution in [-0.4, -0.2) is 35.3 Å². The molecule has 1 fully saturated rings. The maximum atomic E-state index is 12.6. The summed E-state index contributed by atoms with van der Waals surface area (Å²) in [5, 5.41) is 11.6. The number of aromatic nitrogens is 1. The zero-order chi connectivity index (χ0) is 14.8. The second-order valence-corrected chi connectivity index (χ2v) is 4.66. The van der Waals surface area contributed by atoms with E-state index in [9.17, 15) is 13.2 Å². The van der Waals surface area contributed by atoms with E-state index in [0.29, 0.717) is 11.4 Å². The van der Waals surface area contributed by atoms with Crippen molar-refractivity contribution in [3.8, 4) is 0 Å². The van der Waals surface area contributed by atoms with E-state index in [-0.39, 0.29) is 31.8 Å². The van der Waals surface area contributed by atoms with Gasteiger partial charge in [0.1, 0.15) is 5.82 Å². The smallest absolute Gasteiger partial charge is 0.391 e. The zero-order valence-corrected chi connectivity index (χ0v) is 10.6. The zero-order valence-electron chi connectivity index (χ0n) is 10.6. The lowest BCUT2D eigenvalue weighted by atomic mass is 9.96. The minimum atomic E-state index is -4.15. The lowest BCUT2D eigenvalue weighted by Gasteiger charge is -2.34. The molecule has 20 heavy (non-hydrogen) atoms. The summed E-state index contributed by atoms with van der Waals surface area (Å²) < 4.78 is 37.9. The van der Waals surface area contributed by atoms with E-state index in [1.54, 1.807) is 17.0 Å². The van der Waals surface area contributed by atoms with Gasteiger partial charge in [-0.3, -0.25) is 0 Å². The number of halogens is 3. The number of hydrogen-bond acceptors (Lipinski definition) is 4. The van der Waals surface area contributed by atoms with Crippen molar-refractivity contribution in [1.82, 2.24) is 4.98 Å². The van der Waals surface area contributed by atoms with E-state index >= 15 is 0 Å². The van der Waals surface area contributed by atoms with E-state index in [2.05, 4.69) is 10.1 Å².